The summed E-state index contributed by atoms with van der Waals surface area (Å²) in [7, 11) is 0. The second-order valence-electron chi connectivity index (χ2n) is 6.91. The molecule has 1 aliphatic rings. The fraction of sp³-hybridized carbons (Fsp3) is 0.381. The van der Waals surface area contributed by atoms with Gasteiger partial charge in [-0.3, -0.25) is 9.69 Å². The Bertz CT molecular complexity index is 736. The van der Waals surface area contributed by atoms with Gasteiger partial charge in [0.2, 0.25) is 0 Å². The molecule has 2 unspecified atom stereocenters. The van der Waals surface area contributed by atoms with Crippen molar-refractivity contribution in [2.24, 2.45) is 0 Å². The molecule has 0 radical (unpaired) electrons. The SMILES string of the molecule is Cc1ccc(C(c2cc(C)ccc2C)N2CCCC2C(=O)O)cc1. The minimum atomic E-state index is -0.713. The van der Waals surface area contributed by atoms with Crippen LogP contribution in [0, 0.1) is 20.8 Å². The molecule has 1 N–H and O–H groups in total. The Morgan fingerprint density at radius 1 is 1.08 bits per heavy atom. The van der Waals surface area contributed by atoms with Gasteiger partial charge >= 0.3 is 5.97 Å². The number of aryl methyl sites for hydroxylation is 3. The van der Waals surface area contributed by atoms with Crippen molar-refractivity contribution in [3.8, 4) is 0 Å². The van der Waals surface area contributed by atoms with E-state index in [9.17, 15) is 9.90 Å². The minimum absolute atomic E-state index is 0.00546. The van der Waals surface area contributed by atoms with Crippen molar-refractivity contribution in [3.05, 3.63) is 70.3 Å². The highest BCUT2D eigenvalue weighted by Crippen LogP contribution is 2.36. The van der Waals surface area contributed by atoms with Gasteiger partial charge < -0.3 is 5.11 Å². The van der Waals surface area contributed by atoms with E-state index in [0.29, 0.717) is 0 Å². The fourth-order valence-corrected chi connectivity index (χ4v) is 3.72. The van der Waals surface area contributed by atoms with Gasteiger partial charge in [-0.15, -0.1) is 0 Å². The van der Waals surface area contributed by atoms with Crippen LogP contribution in [0.15, 0.2) is 42.5 Å². The maximum absolute atomic E-state index is 11.7. The number of nitrogens with zero attached hydrogens (tertiary/aromatic N) is 1. The van der Waals surface area contributed by atoms with Crippen LogP contribution in [0.1, 0.15) is 46.7 Å². The molecule has 0 amide bonds. The first kappa shape index (κ1) is 16.7. The zero-order valence-corrected chi connectivity index (χ0v) is 14.6. The van der Waals surface area contributed by atoms with Crippen LogP contribution in [-0.2, 0) is 4.79 Å². The number of carbonyl (C=O) groups is 1. The third-order valence-electron chi connectivity index (χ3n) is 5.03. The van der Waals surface area contributed by atoms with E-state index in [4.69, 9.17) is 0 Å². The Balaban J connectivity index is 2.12. The van der Waals surface area contributed by atoms with Gasteiger partial charge in [-0.25, -0.2) is 0 Å². The molecule has 24 heavy (non-hydrogen) atoms. The summed E-state index contributed by atoms with van der Waals surface area (Å²) in [6, 6.07) is 14.5. The molecule has 126 valence electrons. The Morgan fingerprint density at radius 2 is 1.75 bits per heavy atom. The topological polar surface area (TPSA) is 40.5 Å². The molecule has 0 aromatic heterocycles. The van der Waals surface area contributed by atoms with Crippen LogP contribution in [-0.4, -0.2) is 28.6 Å². The van der Waals surface area contributed by atoms with Gasteiger partial charge in [0.15, 0.2) is 0 Å². The lowest BCUT2D eigenvalue weighted by Crippen LogP contribution is -2.39. The highest BCUT2D eigenvalue weighted by atomic mass is 16.4. The minimum Gasteiger partial charge on any atom is -0.480 e. The molecule has 0 aliphatic carbocycles. The van der Waals surface area contributed by atoms with Gasteiger partial charge in [0, 0.05) is 6.54 Å². The van der Waals surface area contributed by atoms with Gasteiger partial charge in [0.25, 0.3) is 0 Å². The molecule has 1 aliphatic heterocycles. The molecule has 1 fully saturated rings. The number of hydrogen-bond acceptors (Lipinski definition) is 2. The van der Waals surface area contributed by atoms with Crippen LogP contribution in [0.4, 0.5) is 0 Å². The first-order chi connectivity index (χ1) is 11.5. The average molecular weight is 323 g/mol. The van der Waals surface area contributed by atoms with E-state index in [2.05, 4.69) is 68.1 Å². The second-order valence-corrected chi connectivity index (χ2v) is 6.91. The molecule has 0 spiro atoms. The average Bonchev–Trinajstić information content (AvgIpc) is 3.02. The second kappa shape index (κ2) is 6.78. The highest BCUT2D eigenvalue weighted by Gasteiger charge is 2.37. The van der Waals surface area contributed by atoms with Gasteiger partial charge in [0.1, 0.15) is 6.04 Å². The molecule has 3 rings (SSSR count). The Labute approximate surface area is 143 Å². The zero-order chi connectivity index (χ0) is 17.3. The Morgan fingerprint density at radius 3 is 2.42 bits per heavy atom. The van der Waals surface area contributed by atoms with Crippen molar-refractivity contribution >= 4 is 5.97 Å². The molecule has 2 aromatic rings. The lowest BCUT2D eigenvalue weighted by atomic mass is 9.91. The summed E-state index contributed by atoms with van der Waals surface area (Å²) in [5, 5.41) is 9.65. The molecule has 1 saturated heterocycles. The fourth-order valence-electron chi connectivity index (χ4n) is 3.72. The van der Waals surface area contributed by atoms with Crippen molar-refractivity contribution in [2.75, 3.05) is 6.54 Å². The third-order valence-corrected chi connectivity index (χ3v) is 5.03. The number of hydrogen-bond donors (Lipinski definition) is 1. The molecular formula is C21H25NO2. The summed E-state index contributed by atoms with van der Waals surface area (Å²) >= 11 is 0. The zero-order valence-electron chi connectivity index (χ0n) is 14.6. The molecule has 0 bridgehead atoms. The van der Waals surface area contributed by atoms with E-state index >= 15 is 0 Å². The van der Waals surface area contributed by atoms with Gasteiger partial charge in [-0.1, -0.05) is 53.6 Å². The van der Waals surface area contributed by atoms with E-state index < -0.39 is 12.0 Å². The lowest BCUT2D eigenvalue weighted by Gasteiger charge is -2.33. The highest BCUT2D eigenvalue weighted by molar-refractivity contribution is 5.74. The van der Waals surface area contributed by atoms with Crippen LogP contribution in [0.5, 0.6) is 0 Å². The summed E-state index contributed by atoms with van der Waals surface area (Å²) in [5.74, 6) is -0.713. The number of carboxylic acid groups (broad SMARTS) is 1. The number of benzene rings is 2. The molecule has 3 nitrogen and oxygen atoms in total. The van der Waals surface area contributed by atoms with E-state index in [1.54, 1.807) is 0 Å². The molecule has 1 heterocycles. The molecule has 2 aromatic carbocycles. The van der Waals surface area contributed by atoms with E-state index in [-0.39, 0.29) is 6.04 Å². The smallest absolute Gasteiger partial charge is 0.320 e. The van der Waals surface area contributed by atoms with Crippen LogP contribution in [0.3, 0.4) is 0 Å². The van der Waals surface area contributed by atoms with Gasteiger partial charge in [-0.05, 0) is 50.3 Å². The Kier molecular flexibility index (Phi) is 4.72. The maximum Gasteiger partial charge on any atom is 0.320 e. The lowest BCUT2D eigenvalue weighted by molar-refractivity contribution is -0.142. The number of carboxylic acids is 1. The summed E-state index contributed by atoms with van der Waals surface area (Å²) in [6.45, 7) is 7.10. The standard InChI is InChI=1S/C21H25NO2/c1-14-7-10-17(11-8-14)20(18-13-15(2)6-9-16(18)3)22-12-4-5-19(22)21(23)24/h6-11,13,19-20H,4-5,12H2,1-3H3,(H,23,24). The largest absolute Gasteiger partial charge is 0.480 e. The molecular weight excluding hydrogens is 298 g/mol. The number of rotatable bonds is 4. The van der Waals surface area contributed by atoms with Crippen molar-refractivity contribution in [2.45, 2.75) is 45.7 Å². The van der Waals surface area contributed by atoms with E-state index in [1.165, 1.54) is 27.8 Å². The van der Waals surface area contributed by atoms with Crippen LogP contribution >= 0.6 is 0 Å². The van der Waals surface area contributed by atoms with E-state index in [1.807, 2.05) is 0 Å². The first-order valence-corrected chi connectivity index (χ1v) is 8.59. The first-order valence-electron chi connectivity index (χ1n) is 8.59. The third kappa shape index (κ3) is 3.22. The predicted octanol–water partition coefficient (Wildman–Crippen LogP) is 4.25. The van der Waals surface area contributed by atoms with Gasteiger partial charge in [0.05, 0.1) is 6.04 Å². The van der Waals surface area contributed by atoms with E-state index in [0.717, 1.165) is 19.4 Å². The monoisotopic (exact) mass is 323 g/mol. The normalized spacial score (nSPS) is 19.4. The summed E-state index contributed by atoms with van der Waals surface area (Å²) in [4.78, 5) is 13.9. The van der Waals surface area contributed by atoms with Crippen LogP contribution < -0.4 is 0 Å². The number of aliphatic carboxylic acids is 1. The summed E-state index contributed by atoms with van der Waals surface area (Å²) < 4.78 is 0. The molecule has 2 atom stereocenters. The Hall–Kier alpha value is -2.13. The molecule has 3 heteroatoms. The van der Waals surface area contributed by atoms with Crippen molar-refractivity contribution < 1.29 is 9.90 Å². The molecule has 0 saturated carbocycles. The maximum atomic E-state index is 11.7. The number of likely N-dealkylation sites (tertiary alicyclic amines) is 1. The summed E-state index contributed by atoms with van der Waals surface area (Å²) in [5.41, 5.74) is 6.02. The van der Waals surface area contributed by atoms with Crippen molar-refractivity contribution in [1.82, 2.24) is 4.90 Å². The van der Waals surface area contributed by atoms with Crippen LogP contribution in [0.25, 0.3) is 0 Å². The van der Waals surface area contributed by atoms with Crippen molar-refractivity contribution in [3.63, 3.8) is 0 Å². The van der Waals surface area contributed by atoms with Crippen LogP contribution in [0.2, 0.25) is 0 Å². The predicted molar refractivity (Wildman–Crippen MR) is 96.3 cm³/mol. The van der Waals surface area contributed by atoms with Gasteiger partial charge in [-0.2, -0.15) is 0 Å². The quantitative estimate of drug-likeness (QED) is 0.914. The summed E-state index contributed by atoms with van der Waals surface area (Å²) in [6.07, 6.45) is 1.66. The van der Waals surface area contributed by atoms with Crippen molar-refractivity contribution in [1.29, 1.82) is 0 Å².